The van der Waals surface area contributed by atoms with Crippen molar-refractivity contribution in [3.63, 3.8) is 0 Å². The molecule has 2 N–H and O–H groups in total. The van der Waals surface area contributed by atoms with Crippen molar-refractivity contribution >= 4 is 22.9 Å². The Balaban J connectivity index is 2.07. The fourth-order valence-electron chi connectivity index (χ4n) is 1.63. The molecule has 0 radical (unpaired) electrons. The van der Waals surface area contributed by atoms with Crippen LogP contribution in [-0.2, 0) is 0 Å². The van der Waals surface area contributed by atoms with Crippen molar-refractivity contribution in [2.75, 3.05) is 11.9 Å². The second-order valence-corrected chi connectivity index (χ2v) is 5.16. The van der Waals surface area contributed by atoms with Crippen LogP contribution in [0.3, 0.4) is 0 Å². The molecule has 0 unspecified atom stereocenters. The second-order valence-electron chi connectivity index (χ2n) is 4.24. The molecule has 2 rings (SSSR count). The first kappa shape index (κ1) is 14.3. The van der Waals surface area contributed by atoms with Crippen LogP contribution in [-0.4, -0.2) is 17.6 Å². The molecular formula is C16H15NO2S. The van der Waals surface area contributed by atoms with E-state index >= 15 is 0 Å². The Bertz CT molecular complexity index is 664. The Morgan fingerprint density at radius 3 is 2.95 bits per heavy atom. The molecule has 20 heavy (non-hydrogen) atoms. The molecule has 1 aromatic heterocycles. The number of hydrogen-bond acceptors (Lipinski definition) is 3. The van der Waals surface area contributed by atoms with E-state index in [9.17, 15) is 4.79 Å². The van der Waals surface area contributed by atoms with Gasteiger partial charge in [0.1, 0.15) is 0 Å². The molecule has 2 aromatic rings. The molecule has 102 valence electrons. The van der Waals surface area contributed by atoms with Crippen LogP contribution < -0.4 is 5.32 Å². The summed E-state index contributed by atoms with van der Waals surface area (Å²) in [6, 6.07) is 9.42. The van der Waals surface area contributed by atoms with Gasteiger partial charge in [-0.15, -0.1) is 11.3 Å². The number of hydrogen-bond donors (Lipinski definition) is 2. The molecule has 1 amide bonds. The van der Waals surface area contributed by atoms with Crippen LogP contribution in [0, 0.1) is 18.8 Å². The average Bonchev–Trinajstić information content (AvgIpc) is 2.91. The number of nitrogens with one attached hydrogen (secondary N) is 1. The Labute approximate surface area is 122 Å². The number of benzene rings is 1. The highest BCUT2D eigenvalue weighted by Crippen LogP contribution is 2.18. The lowest BCUT2D eigenvalue weighted by Crippen LogP contribution is -2.11. The summed E-state index contributed by atoms with van der Waals surface area (Å²) in [4.78, 5) is 12.9. The maximum atomic E-state index is 12.1. The van der Waals surface area contributed by atoms with Crippen molar-refractivity contribution in [1.29, 1.82) is 0 Å². The molecule has 3 nitrogen and oxygen atoms in total. The van der Waals surface area contributed by atoms with Crippen molar-refractivity contribution in [3.8, 4) is 11.8 Å². The minimum absolute atomic E-state index is 0.0546. The summed E-state index contributed by atoms with van der Waals surface area (Å²) in [5.41, 5.74) is 2.45. The van der Waals surface area contributed by atoms with Crippen molar-refractivity contribution in [2.45, 2.75) is 13.3 Å². The zero-order valence-corrected chi connectivity index (χ0v) is 12.0. The molecule has 0 bridgehead atoms. The molecular weight excluding hydrogens is 270 g/mol. The maximum absolute atomic E-state index is 12.1. The summed E-state index contributed by atoms with van der Waals surface area (Å²) in [5.74, 6) is 5.63. The summed E-state index contributed by atoms with van der Waals surface area (Å²) in [6.45, 7) is 2.01. The van der Waals surface area contributed by atoms with Gasteiger partial charge in [-0.1, -0.05) is 30.0 Å². The smallest absolute Gasteiger partial charge is 0.256 e. The van der Waals surface area contributed by atoms with E-state index in [0.29, 0.717) is 12.0 Å². The molecule has 0 aliphatic rings. The summed E-state index contributed by atoms with van der Waals surface area (Å²) in [7, 11) is 0. The summed E-state index contributed by atoms with van der Waals surface area (Å²) >= 11 is 1.43. The van der Waals surface area contributed by atoms with Crippen molar-refractivity contribution < 1.29 is 9.90 Å². The third-order valence-electron chi connectivity index (χ3n) is 2.70. The Kier molecular flexibility index (Phi) is 4.94. The number of aryl methyl sites for hydroxylation is 1. The lowest BCUT2D eigenvalue weighted by atomic mass is 10.2. The lowest BCUT2D eigenvalue weighted by Gasteiger charge is -2.06. The van der Waals surface area contributed by atoms with Gasteiger partial charge in [-0.3, -0.25) is 4.79 Å². The third kappa shape index (κ3) is 3.70. The second kappa shape index (κ2) is 6.90. The normalized spacial score (nSPS) is 9.70. The standard InChI is InChI=1S/C16H15NO2S/c1-12-6-2-3-8-15(12)17-16(19)13-10-14(20-11-13)7-4-5-9-18/h2-3,6,8,10-11,18H,5,9H2,1H3,(H,17,19). The zero-order chi connectivity index (χ0) is 14.4. The molecule has 1 heterocycles. The summed E-state index contributed by atoms with van der Waals surface area (Å²) in [5, 5.41) is 13.3. The van der Waals surface area contributed by atoms with Crippen LogP contribution in [0.2, 0.25) is 0 Å². The van der Waals surface area contributed by atoms with E-state index < -0.39 is 0 Å². The molecule has 0 saturated heterocycles. The number of aliphatic hydroxyl groups is 1. The van der Waals surface area contributed by atoms with Gasteiger partial charge in [0.05, 0.1) is 17.0 Å². The first-order valence-corrected chi connectivity index (χ1v) is 7.14. The van der Waals surface area contributed by atoms with Crippen LogP contribution in [0.4, 0.5) is 5.69 Å². The van der Waals surface area contributed by atoms with Crippen LogP contribution in [0.1, 0.15) is 27.2 Å². The lowest BCUT2D eigenvalue weighted by molar-refractivity contribution is 0.102. The number of carbonyl (C=O) groups is 1. The Morgan fingerprint density at radius 2 is 2.20 bits per heavy atom. The molecule has 0 aliphatic heterocycles. The topological polar surface area (TPSA) is 49.3 Å². The number of aliphatic hydroxyl groups excluding tert-OH is 1. The maximum Gasteiger partial charge on any atom is 0.256 e. The largest absolute Gasteiger partial charge is 0.395 e. The van der Waals surface area contributed by atoms with Crippen LogP contribution in [0.15, 0.2) is 35.7 Å². The number of para-hydroxylation sites is 1. The quantitative estimate of drug-likeness (QED) is 0.852. The molecule has 0 saturated carbocycles. The SMILES string of the molecule is Cc1ccccc1NC(=O)c1csc(C#CCCO)c1. The molecule has 0 aliphatic carbocycles. The van der Waals surface area contributed by atoms with E-state index in [-0.39, 0.29) is 12.5 Å². The highest BCUT2D eigenvalue weighted by atomic mass is 32.1. The number of rotatable bonds is 3. The van der Waals surface area contributed by atoms with E-state index in [1.165, 1.54) is 11.3 Å². The molecule has 0 atom stereocenters. The Hall–Kier alpha value is -2.09. The van der Waals surface area contributed by atoms with Gasteiger partial charge in [0.25, 0.3) is 5.91 Å². The predicted octanol–water partition coefficient (Wildman–Crippen LogP) is 3.04. The number of anilines is 1. The van der Waals surface area contributed by atoms with E-state index in [1.54, 1.807) is 11.4 Å². The monoisotopic (exact) mass is 285 g/mol. The van der Waals surface area contributed by atoms with Crippen LogP contribution in [0.5, 0.6) is 0 Å². The van der Waals surface area contributed by atoms with Crippen molar-refractivity contribution in [3.05, 3.63) is 51.7 Å². The van der Waals surface area contributed by atoms with E-state index in [0.717, 1.165) is 16.1 Å². The van der Waals surface area contributed by atoms with Crippen LogP contribution in [0.25, 0.3) is 0 Å². The summed E-state index contributed by atoms with van der Waals surface area (Å²) in [6.07, 6.45) is 0.447. The van der Waals surface area contributed by atoms with Gasteiger partial charge < -0.3 is 10.4 Å². The van der Waals surface area contributed by atoms with Crippen molar-refractivity contribution in [1.82, 2.24) is 0 Å². The van der Waals surface area contributed by atoms with Gasteiger partial charge in [-0.25, -0.2) is 0 Å². The van der Waals surface area contributed by atoms with Gasteiger partial charge in [0.15, 0.2) is 0 Å². The molecule has 0 fully saturated rings. The minimum Gasteiger partial charge on any atom is -0.395 e. The highest BCUT2D eigenvalue weighted by molar-refractivity contribution is 7.10. The number of thiophene rings is 1. The zero-order valence-electron chi connectivity index (χ0n) is 11.1. The molecule has 4 heteroatoms. The van der Waals surface area contributed by atoms with Crippen molar-refractivity contribution in [2.24, 2.45) is 0 Å². The van der Waals surface area contributed by atoms with E-state index in [1.807, 2.05) is 31.2 Å². The van der Waals surface area contributed by atoms with Gasteiger partial charge in [0.2, 0.25) is 0 Å². The summed E-state index contributed by atoms with van der Waals surface area (Å²) < 4.78 is 0. The average molecular weight is 285 g/mol. The van der Waals surface area contributed by atoms with Crippen LogP contribution >= 0.6 is 11.3 Å². The van der Waals surface area contributed by atoms with E-state index in [2.05, 4.69) is 17.2 Å². The Morgan fingerprint density at radius 1 is 1.40 bits per heavy atom. The number of amides is 1. The molecule has 0 spiro atoms. The molecule has 1 aromatic carbocycles. The van der Waals surface area contributed by atoms with Gasteiger partial charge in [-0.05, 0) is 24.6 Å². The van der Waals surface area contributed by atoms with Gasteiger partial charge in [0, 0.05) is 17.5 Å². The first-order chi connectivity index (χ1) is 9.70. The van der Waals surface area contributed by atoms with Gasteiger partial charge in [-0.2, -0.15) is 0 Å². The number of carbonyl (C=O) groups excluding carboxylic acids is 1. The van der Waals surface area contributed by atoms with E-state index in [4.69, 9.17) is 5.11 Å². The van der Waals surface area contributed by atoms with Gasteiger partial charge >= 0.3 is 0 Å². The highest BCUT2D eigenvalue weighted by Gasteiger charge is 2.09. The predicted molar refractivity (Wildman–Crippen MR) is 82.0 cm³/mol. The third-order valence-corrected chi connectivity index (χ3v) is 3.55. The fraction of sp³-hybridized carbons (Fsp3) is 0.188. The minimum atomic E-state index is -0.134. The first-order valence-electron chi connectivity index (χ1n) is 6.26. The fourth-order valence-corrected chi connectivity index (χ4v) is 2.39.